The minimum atomic E-state index is -0.0700. The number of hydrogen-bond acceptors (Lipinski definition) is 2. The van der Waals surface area contributed by atoms with Crippen LogP contribution >= 0.6 is 23.2 Å². The molecule has 0 spiro atoms. The van der Waals surface area contributed by atoms with E-state index in [9.17, 15) is 0 Å². The van der Waals surface area contributed by atoms with Crippen molar-refractivity contribution in [2.45, 2.75) is 26.5 Å². The predicted molar refractivity (Wildman–Crippen MR) is 84.6 cm³/mol. The van der Waals surface area contributed by atoms with Gasteiger partial charge in [-0.1, -0.05) is 41.4 Å². The highest BCUT2D eigenvalue weighted by atomic mass is 35.5. The summed E-state index contributed by atoms with van der Waals surface area (Å²) >= 11 is 11.9. The van der Waals surface area contributed by atoms with Gasteiger partial charge >= 0.3 is 0 Å². The molecule has 0 unspecified atom stereocenters. The molecule has 0 radical (unpaired) electrons. The summed E-state index contributed by atoms with van der Waals surface area (Å²) in [4.78, 5) is 0. The van der Waals surface area contributed by atoms with Gasteiger partial charge in [-0.05, 0) is 43.2 Å². The Morgan fingerprint density at radius 2 is 1.85 bits per heavy atom. The molecule has 2 nitrogen and oxygen atoms in total. The van der Waals surface area contributed by atoms with Crippen LogP contribution in [0.25, 0.3) is 0 Å². The van der Waals surface area contributed by atoms with E-state index in [1.807, 2.05) is 44.2 Å². The maximum Gasteiger partial charge on any atom is 0.124 e. The Kier molecular flexibility index (Phi) is 4.92. The first-order valence-electron chi connectivity index (χ1n) is 6.40. The quantitative estimate of drug-likeness (QED) is 0.871. The number of aryl methyl sites for hydroxylation is 1. The lowest BCUT2D eigenvalue weighted by Crippen LogP contribution is -2.08. The summed E-state index contributed by atoms with van der Waals surface area (Å²) in [5.41, 5.74) is 9.06. The lowest BCUT2D eigenvalue weighted by molar-refractivity contribution is 0.301. The molecule has 0 amide bonds. The van der Waals surface area contributed by atoms with E-state index in [0.717, 1.165) is 22.4 Å². The standard InChI is InChI=1S/C16H17Cl2NO/c1-10-3-5-13(11(2)19)16(7-10)20-9-12-4-6-14(17)15(18)8-12/h3-8,11H,9,19H2,1-2H3/t11-/m0/s1. The fourth-order valence-electron chi connectivity index (χ4n) is 1.93. The van der Waals surface area contributed by atoms with Crippen LogP contribution in [0.4, 0.5) is 0 Å². The van der Waals surface area contributed by atoms with E-state index in [0.29, 0.717) is 16.7 Å². The van der Waals surface area contributed by atoms with E-state index in [1.54, 1.807) is 6.07 Å². The second-order valence-electron chi connectivity index (χ2n) is 4.87. The summed E-state index contributed by atoms with van der Waals surface area (Å²) in [6, 6.07) is 11.4. The van der Waals surface area contributed by atoms with E-state index >= 15 is 0 Å². The molecule has 20 heavy (non-hydrogen) atoms. The zero-order valence-electron chi connectivity index (χ0n) is 11.5. The predicted octanol–water partition coefficient (Wildman–Crippen LogP) is 4.90. The SMILES string of the molecule is Cc1ccc([C@H](C)N)c(OCc2ccc(Cl)c(Cl)c2)c1. The minimum Gasteiger partial charge on any atom is -0.489 e. The lowest BCUT2D eigenvalue weighted by Gasteiger charge is -2.15. The number of halogens is 2. The number of ether oxygens (including phenoxy) is 1. The zero-order chi connectivity index (χ0) is 14.7. The summed E-state index contributed by atoms with van der Waals surface area (Å²) in [5, 5.41) is 1.08. The summed E-state index contributed by atoms with van der Waals surface area (Å²) in [7, 11) is 0. The van der Waals surface area contributed by atoms with E-state index in [-0.39, 0.29) is 6.04 Å². The smallest absolute Gasteiger partial charge is 0.124 e. The van der Waals surface area contributed by atoms with Crippen molar-refractivity contribution in [3.05, 3.63) is 63.1 Å². The van der Waals surface area contributed by atoms with E-state index in [1.165, 1.54) is 0 Å². The number of benzene rings is 2. The Labute approximate surface area is 129 Å². The van der Waals surface area contributed by atoms with Crippen LogP contribution in [-0.4, -0.2) is 0 Å². The first-order chi connectivity index (χ1) is 9.47. The summed E-state index contributed by atoms with van der Waals surface area (Å²) < 4.78 is 5.88. The molecule has 0 aliphatic rings. The van der Waals surface area contributed by atoms with E-state index < -0.39 is 0 Å². The van der Waals surface area contributed by atoms with Crippen LogP contribution in [0.15, 0.2) is 36.4 Å². The monoisotopic (exact) mass is 309 g/mol. The van der Waals surface area contributed by atoms with Gasteiger partial charge in [-0.3, -0.25) is 0 Å². The first kappa shape index (κ1) is 15.2. The number of rotatable bonds is 4. The Morgan fingerprint density at radius 1 is 1.10 bits per heavy atom. The Balaban J connectivity index is 2.17. The molecule has 0 saturated carbocycles. The summed E-state index contributed by atoms with van der Waals surface area (Å²) in [5.74, 6) is 0.811. The maximum atomic E-state index is 6.00. The van der Waals surface area contributed by atoms with Gasteiger partial charge in [-0.15, -0.1) is 0 Å². The first-order valence-corrected chi connectivity index (χ1v) is 7.16. The molecule has 0 bridgehead atoms. The van der Waals surface area contributed by atoms with E-state index in [4.69, 9.17) is 33.7 Å². The van der Waals surface area contributed by atoms with Gasteiger partial charge in [-0.2, -0.15) is 0 Å². The van der Waals surface area contributed by atoms with E-state index in [2.05, 4.69) is 0 Å². The third-order valence-corrected chi connectivity index (χ3v) is 3.78. The average molecular weight is 310 g/mol. The molecule has 106 valence electrons. The molecule has 2 aromatic carbocycles. The highest BCUT2D eigenvalue weighted by molar-refractivity contribution is 6.42. The van der Waals surface area contributed by atoms with Crippen LogP contribution in [0.3, 0.4) is 0 Å². The van der Waals surface area contributed by atoms with Gasteiger partial charge in [0.2, 0.25) is 0 Å². The van der Waals surface area contributed by atoms with Gasteiger partial charge in [0.05, 0.1) is 10.0 Å². The number of nitrogens with two attached hydrogens (primary N) is 1. The van der Waals surface area contributed by atoms with Crippen LogP contribution in [0.1, 0.15) is 29.7 Å². The molecule has 4 heteroatoms. The topological polar surface area (TPSA) is 35.2 Å². The molecule has 2 aromatic rings. The van der Waals surface area contributed by atoms with Crippen LogP contribution in [0.5, 0.6) is 5.75 Å². The molecule has 0 saturated heterocycles. The Hall–Kier alpha value is -1.22. The van der Waals surface area contributed by atoms with Gasteiger partial charge < -0.3 is 10.5 Å². The van der Waals surface area contributed by atoms with Crippen molar-refractivity contribution in [3.63, 3.8) is 0 Å². The number of hydrogen-bond donors (Lipinski definition) is 1. The van der Waals surface area contributed by atoms with Gasteiger partial charge in [0, 0.05) is 11.6 Å². The van der Waals surface area contributed by atoms with Gasteiger partial charge in [0.25, 0.3) is 0 Å². The summed E-state index contributed by atoms with van der Waals surface area (Å²) in [6.45, 7) is 4.40. The van der Waals surface area contributed by atoms with Crippen LogP contribution in [0, 0.1) is 6.92 Å². The van der Waals surface area contributed by atoms with Crippen molar-refractivity contribution in [1.82, 2.24) is 0 Å². The third-order valence-electron chi connectivity index (χ3n) is 3.04. The third kappa shape index (κ3) is 3.66. The molecule has 1 atom stereocenters. The lowest BCUT2D eigenvalue weighted by atomic mass is 10.1. The molecular weight excluding hydrogens is 293 g/mol. The molecular formula is C16H17Cl2NO. The molecule has 0 aliphatic carbocycles. The normalized spacial score (nSPS) is 12.2. The minimum absolute atomic E-state index is 0.0700. The molecule has 0 aliphatic heterocycles. The van der Waals surface area contributed by atoms with Crippen molar-refractivity contribution in [3.8, 4) is 5.75 Å². The fraction of sp³-hybridized carbons (Fsp3) is 0.250. The highest BCUT2D eigenvalue weighted by Crippen LogP contribution is 2.27. The molecule has 0 heterocycles. The average Bonchev–Trinajstić information content (AvgIpc) is 2.40. The van der Waals surface area contributed by atoms with Crippen LogP contribution in [-0.2, 0) is 6.61 Å². The molecule has 0 aromatic heterocycles. The van der Waals surface area contributed by atoms with Crippen molar-refractivity contribution >= 4 is 23.2 Å². The van der Waals surface area contributed by atoms with Gasteiger partial charge in [-0.25, -0.2) is 0 Å². The highest BCUT2D eigenvalue weighted by Gasteiger charge is 2.09. The van der Waals surface area contributed by atoms with Crippen LogP contribution in [0.2, 0.25) is 10.0 Å². The maximum absolute atomic E-state index is 6.00. The Morgan fingerprint density at radius 3 is 2.50 bits per heavy atom. The summed E-state index contributed by atoms with van der Waals surface area (Å²) in [6.07, 6.45) is 0. The molecule has 2 rings (SSSR count). The molecule has 0 fully saturated rings. The van der Waals surface area contributed by atoms with Gasteiger partial charge in [0.15, 0.2) is 0 Å². The van der Waals surface area contributed by atoms with Crippen molar-refractivity contribution in [1.29, 1.82) is 0 Å². The largest absolute Gasteiger partial charge is 0.489 e. The van der Waals surface area contributed by atoms with Crippen molar-refractivity contribution in [2.24, 2.45) is 5.73 Å². The zero-order valence-corrected chi connectivity index (χ0v) is 13.0. The molecule has 2 N–H and O–H groups in total. The van der Waals surface area contributed by atoms with Crippen LogP contribution < -0.4 is 10.5 Å². The van der Waals surface area contributed by atoms with Crippen molar-refractivity contribution in [2.75, 3.05) is 0 Å². The van der Waals surface area contributed by atoms with Gasteiger partial charge in [0.1, 0.15) is 12.4 Å². The van der Waals surface area contributed by atoms with Crippen molar-refractivity contribution < 1.29 is 4.74 Å². The second-order valence-corrected chi connectivity index (χ2v) is 5.68. The Bertz CT molecular complexity index is 611. The second kappa shape index (κ2) is 6.49. The fourth-order valence-corrected chi connectivity index (χ4v) is 2.25.